The zero-order valence-electron chi connectivity index (χ0n) is 10.9. The van der Waals surface area contributed by atoms with Crippen molar-refractivity contribution in [3.63, 3.8) is 0 Å². The molecule has 98 valence electrons. The number of esters is 1. The summed E-state index contributed by atoms with van der Waals surface area (Å²) < 4.78 is 5.33. The minimum atomic E-state index is -0.791. The molecule has 0 aliphatic heterocycles. The molecule has 1 saturated carbocycles. The summed E-state index contributed by atoms with van der Waals surface area (Å²) in [4.78, 5) is 22.9. The Bertz CT molecular complexity index is 290. The molecule has 4 nitrogen and oxygen atoms in total. The van der Waals surface area contributed by atoms with Crippen LogP contribution in [0.2, 0.25) is 0 Å². The van der Waals surface area contributed by atoms with Crippen LogP contribution in [0, 0.1) is 11.8 Å². The fourth-order valence-corrected chi connectivity index (χ4v) is 2.18. The van der Waals surface area contributed by atoms with E-state index in [1.54, 1.807) is 0 Å². The summed E-state index contributed by atoms with van der Waals surface area (Å²) in [7, 11) is 0. The Morgan fingerprint density at radius 2 is 1.65 bits per heavy atom. The lowest BCUT2D eigenvalue weighted by molar-refractivity contribution is -0.161. The maximum atomic E-state index is 11.9. The summed E-state index contributed by atoms with van der Waals surface area (Å²) in [5.41, 5.74) is -0.498. The van der Waals surface area contributed by atoms with Gasteiger partial charge in [0.2, 0.25) is 0 Å². The smallest absolute Gasteiger partial charge is 0.309 e. The van der Waals surface area contributed by atoms with Gasteiger partial charge >= 0.3 is 11.9 Å². The van der Waals surface area contributed by atoms with E-state index in [1.165, 1.54) is 0 Å². The zero-order chi connectivity index (χ0) is 13.1. The first-order valence-corrected chi connectivity index (χ1v) is 6.25. The monoisotopic (exact) mass is 242 g/mol. The predicted octanol–water partition coefficient (Wildman–Crippen LogP) is 2.61. The van der Waals surface area contributed by atoms with Crippen LogP contribution in [0.15, 0.2) is 0 Å². The molecule has 0 heterocycles. The largest absolute Gasteiger partial charge is 0.481 e. The average Bonchev–Trinajstić information content (AvgIpc) is 2.39. The Labute approximate surface area is 102 Å². The van der Waals surface area contributed by atoms with E-state index in [9.17, 15) is 9.59 Å². The molecule has 4 heteroatoms. The van der Waals surface area contributed by atoms with Gasteiger partial charge in [-0.3, -0.25) is 9.59 Å². The number of carboxylic acid groups (broad SMARTS) is 1. The van der Waals surface area contributed by atoms with Crippen molar-refractivity contribution in [3.05, 3.63) is 0 Å². The number of aliphatic carboxylic acids is 1. The third-order valence-electron chi connectivity index (χ3n) is 3.01. The lowest BCUT2D eigenvalue weighted by atomic mass is 9.93. The van der Waals surface area contributed by atoms with E-state index >= 15 is 0 Å². The summed E-state index contributed by atoms with van der Waals surface area (Å²) in [6, 6.07) is 0. The van der Waals surface area contributed by atoms with Gasteiger partial charge in [-0.15, -0.1) is 0 Å². The van der Waals surface area contributed by atoms with Gasteiger partial charge in [0.25, 0.3) is 0 Å². The highest BCUT2D eigenvalue weighted by Gasteiger charge is 2.32. The molecule has 0 saturated heterocycles. The van der Waals surface area contributed by atoms with Gasteiger partial charge in [0.1, 0.15) is 5.60 Å². The fraction of sp³-hybridized carbons (Fsp3) is 0.846. The molecule has 1 aliphatic carbocycles. The van der Waals surface area contributed by atoms with Crippen molar-refractivity contribution in [1.82, 2.24) is 0 Å². The van der Waals surface area contributed by atoms with E-state index < -0.39 is 17.5 Å². The van der Waals surface area contributed by atoms with Gasteiger partial charge in [0, 0.05) is 0 Å². The first-order chi connectivity index (χ1) is 7.79. The number of carbonyl (C=O) groups is 2. The van der Waals surface area contributed by atoms with E-state index in [0.29, 0.717) is 12.8 Å². The second-order valence-electron chi connectivity index (χ2n) is 5.79. The van der Waals surface area contributed by atoms with Crippen LogP contribution in [0.3, 0.4) is 0 Å². The molecule has 0 amide bonds. The van der Waals surface area contributed by atoms with Crippen LogP contribution in [-0.2, 0) is 14.3 Å². The van der Waals surface area contributed by atoms with Crippen LogP contribution in [0.5, 0.6) is 0 Å². The quantitative estimate of drug-likeness (QED) is 0.597. The molecule has 0 radical (unpaired) electrons. The van der Waals surface area contributed by atoms with Crippen molar-refractivity contribution in [2.75, 3.05) is 0 Å². The molecule has 2 unspecified atom stereocenters. The molecule has 1 aliphatic rings. The Kier molecular flexibility index (Phi) is 4.54. The molecule has 1 N–H and O–H groups in total. The van der Waals surface area contributed by atoms with Crippen LogP contribution < -0.4 is 0 Å². The molecule has 2 atom stereocenters. The zero-order valence-corrected chi connectivity index (χ0v) is 10.9. The van der Waals surface area contributed by atoms with Gasteiger partial charge in [-0.1, -0.05) is 12.8 Å². The number of ether oxygens (including phenoxy) is 1. The first-order valence-electron chi connectivity index (χ1n) is 6.25. The van der Waals surface area contributed by atoms with Crippen molar-refractivity contribution in [3.8, 4) is 0 Å². The second-order valence-corrected chi connectivity index (χ2v) is 5.79. The Morgan fingerprint density at radius 3 is 2.12 bits per heavy atom. The van der Waals surface area contributed by atoms with Crippen molar-refractivity contribution >= 4 is 11.9 Å². The Balaban J connectivity index is 2.62. The molecule has 1 rings (SSSR count). The standard InChI is InChI=1S/C13H22O4/c1-13(2,3)17-12(16)10-7-5-4-6-9(8-10)11(14)15/h9-10H,4-8H2,1-3H3,(H,14,15). The molecule has 0 aromatic rings. The van der Waals surface area contributed by atoms with Crippen molar-refractivity contribution in [2.45, 2.75) is 58.5 Å². The number of rotatable bonds is 2. The van der Waals surface area contributed by atoms with Gasteiger partial charge in [-0.05, 0) is 40.0 Å². The highest BCUT2D eigenvalue weighted by atomic mass is 16.6. The SMILES string of the molecule is CC(C)(C)OC(=O)C1CCCCC(C(=O)O)C1. The fourth-order valence-electron chi connectivity index (χ4n) is 2.18. The maximum Gasteiger partial charge on any atom is 0.309 e. The molecule has 0 spiro atoms. The number of hydrogen-bond donors (Lipinski definition) is 1. The van der Waals surface area contributed by atoms with Gasteiger partial charge in [-0.25, -0.2) is 0 Å². The number of carbonyl (C=O) groups excluding carboxylic acids is 1. The minimum absolute atomic E-state index is 0.245. The molecule has 0 bridgehead atoms. The minimum Gasteiger partial charge on any atom is -0.481 e. The summed E-state index contributed by atoms with van der Waals surface area (Å²) >= 11 is 0. The van der Waals surface area contributed by atoms with Gasteiger partial charge in [0.15, 0.2) is 0 Å². The topological polar surface area (TPSA) is 63.6 Å². The Morgan fingerprint density at radius 1 is 1.12 bits per heavy atom. The summed E-state index contributed by atoms with van der Waals surface area (Å²) in [5, 5.41) is 9.04. The van der Waals surface area contributed by atoms with E-state index in [0.717, 1.165) is 19.3 Å². The third kappa shape index (κ3) is 4.75. The van der Waals surface area contributed by atoms with Crippen LogP contribution in [-0.4, -0.2) is 22.6 Å². The van der Waals surface area contributed by atoms with E-state index in [1.807, 2.05) is 20.8 Å². The lowest BCUT2D eigenvalue weighted by Gasteiger charge is -2.24. The molecule has 17 heavy (non-hydrogen) atoms. The maximum absolute atomic E-state index is 11.9. The molecular weight excluding hydrogens is 220 g/mol. The van der Waals surface area contributed by atoms with Crippen LogP contribution in [0.4, 0.5) is 0 Å². The summed E-state index contributed by atoms with van der Waals surface area (Å²) in [5.74, 6) is -1.68. The highest BCUT2D eigenvalue weighted by Crippen LogP contribution is 2.29. The van der Waals surface area contributed by atoms with Crippen molar-refractivity contribution in [2.24, 2.45) is 11.8 Å². The van der Waals surface area contributed by atoms with Crippen molar-refractivity contribution < 1.29 is 19.4 Å². The predicted molar refractivity (Wildman–Crippen MR) is 63.5 cm³/mol. The van der Waals surface area contributed by atoms with Gasteiger partial charge in [0.05, 0.1) is 11.8 Å². The normalized spacial score (nSPS) is 26.1. The molecular formula is C13H22O4. The molecule has 0 aromatic carbocycles. The number of hydrogen-bond acceptors (Lipinski definition) is 3. The van der Waals surface area contributed by atoms with Crippen LogP contribution in [0.25, 0.3) is 0 Å². The molecule has 0 aromatic heterocycles. The third-order valence-corrected chi connectivity index (χ3v) is 3.01. The Hall–Kier alpha value is -1.06. The first kappa shape index (κ1) is 14.0. The number of carboxylic acids is 1. The van der Waals surface area contributed by atoms with Crippen LogP contribution >= 0.6 is 0 Å². The van der Waals surface area contributed by atoms with E-state index in [4.69, 9.17) is 9.84 Å². The summed E-state index contributed by atoms with van der Waals surface area (Å²) in [6.07, 6.45) is 3.64. The van der Waals surface area contributed by atoms with Gasteiger partial charge < -0.3 is 9.84 Å². The second kappa shape index (κ2) is 5.52. The van der Waals surface area contributed by atoms with Crippen LogP contribution in [0.1, 0.15) is 52.9 Å². The lowest BCUT2D eigenvalue weighted by Crippen LogP contribution is -2.30. The van der Waals surface area contributed by atoms with Gasteiger partial charge in [-0.2, -0.15) is 0 Å². The van der Waals surface area contributed by atoms with Crippen molar-refractivity contribution in [1.29, 1.82) is 0 Å². The summed E-state index contributed by atoms with van der Waals surface area (Å²) in [6.45, 7) is 5.49. The highest BCUT2D eigenvalue weighted by molar-refractivity contribution is 5.75. The average molecular weight is 242 g/mol. The molecule has 1 fully saturated rings. The van der Waals surface area contributed by atoms with E-state index in [2.05, 4.69) is 0 Å². The van der Waals surface area contributed by atoms with E-state index in [-0.39, 0.29) is 11.9 Å².